The first-order valence-electron chi connectivity index (χ1n) is 7.22. The summed E-state index contributed by atoms with van der Waals surface area (Å²) in [5.41, 5.74) is 6.67. The highest BCUT2D eigenvalue weighted by molar-refractivity contribution is 5.26. The molecule has 0 unspecified atom stereocenters. The third kappa shape index (κ3) is 7.85. The fourth-order valence-electron chi connectivity index (χ4n) is 1.77. The average molecular weight is 265 g/mol. The summed E-state index contributed by atoms with van der Waals surface area (Å²) < 4.78 is 11.2. The Kier molecular flexibility index (Phi) is 8.26. The summed E-state index contributed by atoms with van der Waals surface area (Å²) in [5, 5.41) is 0. The number of ether oxygens (including phenoxy) is 2. The van der Waals surface area contributed by atoms with Crippen LogP contribution in [0.3, 0.4) is 0 Å². The van der Waals surface area contributed by atoms with Crippen LogP contribution in [0, 0.1) is 5.92 Å². The minimum atomic E-state index is 0.574. The molecule has 0 heterocycles. The van der Waals surface area contributed by atoms with Crippen molar-refractivity contribution < 1.29 is 9.47 Å². The van der Waals surface area contributed by atoms with Crippen LogP contribution in [0.1, 0.15) is 38.7 Å². The van der Waals surface area contributed by atoms with Crippen molar-refractivity contribution in [1.82, 2.24) is 0 Å². The third-order valence-corrected chi connectivity index (χ3v) is 2.93. The van der Waals surface area contributed by atoms with Crippen LogP contribution in [0.5, 0.6) is 5.75 Å². The van der Waals surface area contributed by atoms with Crippen LogP contribution < -0.4 is 10.5 Å². The van der Waals surface area contributed by atoms with Gasteiger partial charge in [-0.3, -0.25) is 0 Å². The van der Waals surface area contributed by atoms with E-state index in [0.29, 0.717) is 13.2 Å². The molecule has 0 aromatic heterocycles. The van der Waals surface area contributed by atoms with Gasteiger partial charge in [-0.25, -0.2) is 0 Å². The monoisotopic (exact) mass is 265 g/mol. The molecule has 19 heavy (non-hydrogen) atoms. The van der Waals surface area contributed by atoms with Gasteiger partial charge in [0, 0.05) is 26.2 Å². The summed E-state index contributed by atoms with van der Waals surface area (Å²) in [4.78, 5) is 0. The molecule has 1 aromatic carbocycles. The zero-order chi connectivity index (χ0) is 13.9. The Morgan fingerprint density at radius 3 is 2.32 bits per heavy atom. The van der Waals surface area contributed by atoms with Crippen LogP contribution in [-0.2, 0) is 11.3 Å². The predicted molar refractivity (Wildman–Crippen MR) is 79.3 cm³/mol. The molecular formula is C16H27NO2. The van der Waals surface area contributed by atoms with E-state index in [1.807, 2.05) is 24.3 Å². The molecule has 0 radical (unpaired) electrons. The molecule has 0 saturated carbocycles. The minimum Gasteiger partial charge on any atom is -0.494 e. The predicted octanol–water partition coefficient (Wildman–Crippen LogP) is 3.37. The maximum absolute atomic E-state index is 5.63. The van der Waals surface area contributed by atoms with Gasteiger partial charge in [0.1, 0.15) is 5.75 Å². The Hall–Kier alpha value is -1.06. The SMILES string of the molecule is CC(C)CCCOCCCOc1ccc(CN)cc1. The van der Waals surface area contributed by atoms with Crippen LogP contribution in [0.4, 0.5) is 0 Å². The lowest BCUT2D eigenvalue weighted by molar-refractivity contribution is 0.114. The molecule has 0 saturated heterocycles. The molecule has 0 bridgehead atoms. The van der Waals surface area contributed by atoms with E-state index < -0.39 is 0 Å². The van der Waals surface area contributed by atoms with Gasteiger partial charge in [-0.05, 0) is 36.5 Å². The van der Waals surface area contributed by atoms with E-state index in [4.69, 9.17) is 15.2 Å². The molecule has 0 spiro atoms. The van der Waals surface area contributed by atoms with Gasteiger partial charge in [0.05, 0.1) is 6.61 Å². The highest BCUT2D eigenvalue weighted by Gasteiger charge is 1.96. The van der Waals surface area contributed by atoms with E-state index in [1.54, 1.807) is 0 Å². The van der Waals surface area contributed by atoms with Crippen LogP contribution in [0.25, 0.3) is 0 Å². The van der Waals surface area contributed by atoms with Crippen LogP contribution >= 0.6 is 0 Å². The molecule has 108 valence electrons. The molecule has 3 nitrogen and oxygen atoms in total. The second-order valence-electron chi connectivity index (χ2n) is 5.20. The minimum absolute atomic E-state index is 0.574. The van der Waals surface area contributed by atoms with E-state index >= 15 is 0 Å². The molecule has 1 aromatic rings. The summed E-state index contributed by atoms with van der Waals surface area (Å²) in [7, 11) is 0. The maximum Gasteiger partial charge on any atom is 0.119 e. The van der Waals surface area contributed by atoms with Gasteiger partial charge >= 0.3 is 0 Å². The first kappa shape index (κ1) is 16.0. The quantitative estimate of drug-likeness (QED) is 0.660. The van der Waals surface area contributed by atoms with Gasteiger partial charge in [-0.2, -0.15) is 0 Å². The zero-order valence-electron chi connectivity index (χ0n) is 12.2. The summed E-state index contributed by atoms with van der Waals surface area (Å²) in [6, 6.07) is 7.92. The normalized spacial score (nSPS) is 10.9. The lowest BCUT2D eigenvalue weighted by atomic mass is 10.1. The molecule has 0 fully saturated rings. The van der Waals surface area contributed by atoms with E-state index in [0.717, 1.165) is 43.3 Å². The first-order valence-corrected chi connectivity index (χ1v) is 7.22. The number of hydrogen-bond acceptors (Lipinski definition) is 3. The Morgan fingerprint density at radius 2 is 1.68 bits per heavy atom. The lowest BCUT2D eigenvalue weighted by Crippen LogP contribution is -2.04. The van der Waals surface area contributed by atoms with Crippen molar-refractivity contribution in [2.24, 2.45) is 11.7 Å². The second-order valence-corrected chi connectivity index (χ2v) is 5.20. The molecule has 1 rings (SSSR count). The summed E-state index contributed by atoms with van der Waals surface area (Å²) >= 11 is 0. The largest absolute Gasteiger partial charge is 0.494 e. The van der Waals surface area contributed by atoms with Crippen LogP contribution in [-0.4, -0.2) is 19.8 Å². The van der Waals surface area contributed by atoms with Gasteiger partial charge in [-0.15, -0.1) is 0 Å². The van der Waals surface area contributed by atoms with Gasteiger partial charge in [0.15, 0.2) is 0 Å². The highest BCUT2D eigenvalue weighted by Crippen LogP contribution is 2.12. The van der Waals surface area contributed by atoms with E-state index in [1.165, 1.54) is 6.42 Å². The van der Waals surface area contributed by atoms with Crippen LogP contribution in [0.15, 0.2) is 24.3 Å². The topological polar surface area (TPSA) is 44.5 Å². The van der Waals surface area contributed by atoms with Crippen molar-refractivity contribution in [2.75, 3.05) is 19.8 Å². The molecule has 0 aliphatic carbocycles. The molecule has 0 amide bonds. The van der Waals surface area contributed by atoms with Gasteiger partial charge < -0.3 is 15.2 Å². The first-order chi connectivity index (χ1) is 9.22. The summed E-state index contributed by atoms with van der Waals surface area (Å²) in [6.45, 7) is 7.40. The van der Waals surface area contributed by atoms with Crippen molar-refractivity contribution in [2.45, 2.75) is 39.7 Å². The Morgan fingerprint density at radius 1 is 1.00 bits per heavy atom. The van der Waals surface area contributed by atoms with E-state index in [2.05, 4.69) is 13.8 Å². The van der Waals surface area contributed by atoms with Gasteiger partial charge in [0.2, 0.25) is 0 Å². The Labute approximate surface area is 117 Å². The van der Waals surface area contributed by atoms with Gasteiger partial charge in [0.25, 0.3) is 0 Å². The molecule has 2 N–H and O–H groups in total. The standard InChI is InChI=1S/C16H27NO2/c1-14(2)5-3-10-18-11-4-12-19-16-8-6-15(13-17)7-9-16/h6-9,14H,3-5,10-13,17H2,1-2H3. The smallest absolute Gasteiger partial charge is 0.119 e. The molecule has 0 aliphatic rings. The highest BCUT2D eigenvalue weighted by atomic mass is 16.5. The number of rotatable bonds is 10. The maximum atomic E-state index is 5.63. The van der Waals surface area contributed by atoms with Crippen molar-refractivity contribution in [1.29, 1.82) is 0 Å². The number of hydrogen-bond donors (Lipinski definition) is 1. The fraction of sp³-hybridized carbons (Fsp3) is 0.625. The molecule has 0 aliphatic heterocycles. The molecular weight excluding hydrogens is 238 g/mol. The zero-order valence-corrected chi connectivity index (χ0v) is 12.2. The fourth-order valence-corrected chi connectivity index (χ4v) is 1.77. The van der Waals surface area contributed by atoms with Gasteiger partial charge in [-0.1, -0.05) is 26.0 Å². The van der Waals surface area contributed by atoms with Crippen molar-refractivity contribution >= 4 is 0 Å². The lowest BCUT2D eigenvalue weighted by Gasteiger charge is -2.08. The molecule has 3 heteroatoms. The van der Waals surface area contributed by atoms with Crippen LogP contribution in [0.2, 0.25) is 0 Å². The Bertz CT molecular complexity index is 322. The summed E-state index contributed by atoms with van der Waals surface area (Å²) in [5.74, 6) is 1.67. The van der Waals surface area contributed by atoms with E-state index in [-0.39, 0.29) is 0 Å². The molecule has 0 atom stereocenters. The van der Waals surface area contributed by atoms with Crippen molar-refractivity contribution in [3.05, 3.63) is 29.8 Å². The average Bonchev–Trinajstić information content (AvgIpc) is 2.42. The number of nitrogens with two attached hydrogens (primary N) is 1. The number of benzene rings is 1. The third-order valence-electron chi connectivity index (χ3n) is 2.93. The van der Waals surface area contributed by atoms with Crippen molar-refractivity contribution in [3.8, 4) is 5.75 Å². The summed E-state index contributed by atoms with van der Waals surface area (Å²) in [6.07, 6.45) is 3.32. The second kappa shape index (κ2) is 9.82. The van der Waals surface area contributed by atoms with Crippen molar-refractivity contribution in [3.63, 3.8) is 0 Å². The Balaban J connectivity index is 1.98. The van der Waals surface area contributed by atoms with E-state index in [9.17, 15) is 0 Å².